The first kappa shape index (κ1) is 36.6. The minimum Gasteiger partial charge on any atom is -0.497 e. The van der Waals surface area contributed by atoms with E-state index in [1.807, 2.05) is 87.5 Å². The Morgan fingerprint density at radius 2 is 1.52 bits per heavy atom. The van der Waals surface area contributed by atoms with Crippen LogP contribution in [-0.2, 0) is 16.4 Å². The number of anilines is 1. The van der Waals surface area contributed by atoms with E-state index >= 15 is 0 Å². The molecule has 1 unspecified atom stereocenters. The van der Waals surface area contributed by atoms with Gasteiger partial charge in [0.05, 0.1) is 37.2 Å². The van der Waals surface area contributed by atoms with Gasteiger partial charge in [0, 0.05) is 40.5 Å². The van der Waals surface area contributed by atoms with Crippen LogP contribution < -0.4 is 25.0 Å². The molecule has 0 aliphatic carbocycles. The predicted octanol–water partition coefficient (Wildman–Crippen LogP) is 5.00. The maximum absolute atomic E-state index is 13.9. The highest BCUT2D eigenvalue weighted by molar-refractivity contribution is 7.92. The van der Waals surface area contributed by atoms with E-state index in [-0.39, 0.29) is 35.4 Å². The van der Waals surface area contributed by atoms with Gasteiger partial charge in [-0.3, -0.25) is 13.9 Å². The number of carbonyl (C=O) groups is 2. The average Bonchev–Trinajstić information content (AvgIpc) is 3.52. The molecule has 10 nitrogen and oxygen atoms in total. The van der Waals surface area contributed by atoms with Crippen molar-refractivity contribution in [2.24, 2.45) is 0 Å². The van der Waals surface area contributed by atoms with Crippen LogP contribution in [0.2, 0.25) is 0 Å². The summed E-state index contributed by atoms with van der Waals surface area (Å²) >= 11 is 1.57. The van der Waals surface area contributed by atoms with Crippen LogP contribution in [0.15, 0.2) is 84.9 Å². The molecule has 4 atom stereocenters. The minimum absolute atomic E-state index is 0.0811. The number of aliphatic hydroxyl groups is 1. The summed E-state index contributed by atoms with van der Waals surface area (Å²) in [6, 6.07) is 24.3. The lowest BCUT2D eigenvalue weighted by Gasteiger charge is -2.27. The second-order valence-electron chi connectivity index (χ2n) is 11.9. The van der Waals surface area contributed by atoms with Gasteiger partial charge in [0.15, 0.2) is 0 Å². The van der Waals surface area contributed by atoms with Crippen LogP contribution in [-0.4, -0.2) is 64.4 Å². The number of amides is 2. The number of rotatable bonds is 15. The monoisotopic (exact) mass is 692 g/mol. The Balaban J connectivity index is 1.58. The maximum atomic E-state index is 13.9. The number of aliphatic hydroxyl groups excluding tert-OH is 1. The fourth-order valence-corrected chi connectivity index (χ4v) is 6.51. The Labute approximate surface area is 287 Å². The lowest BCUT2D eigenvalue weighted by molar-refractivity contribution is 0.0825. The minimum atomic E-state index is -3.71. The lowest BCUT2D eigenvalue weighted by atomic mass is 9.99. The Kier molecular flexibility index (Phi) is 12.4. The summed E-state index contributed by atoms with van der Waals surface area (Å²) in [4.78, 5) is 29.4. The number of nitrogens with zero attached hydrogens (tertiary/aromatic N) is 1. The van der Waals surface area contributed by atoms with Crippen LogP contribution >= 0.6 is 11.3 Å². The van der Waals surface area contributed by atoms with Crippen LogP contribution in [0.1, 0.15) is 67.5 Å². The third-order valence-corrected chi connectivity index (χ3v) is 10.6. The number of hydrogen-bond acceptors (Lipinski definition) is 8. The molecule has 4 N–H and O–H groups in total. The number of benzene rings is 3. The largest absolute Gasteiger partial charge is 0.497 e. The van der Waals surface area contributed by atoms with Crippen molar-refractivity contribution in [1.29, 1.82) is 0 Å². The van der Waals surface area contributed by atoms with Gasteiger partial charge in [0.2, 0.25) is 10.0 Å². The summed E-state index contributed by atoms with van der Waals surface area (Å²) in [7, 11) is -0.735. The molecular weight excluding hydrogens is 649 g/mol. The van der Waals surface area contributed by atoms with Gasteiger partial charge in [-0.25, -0.2) is 8.42 Å². The van der Waals surface area contributed by atoms with Crippen LogP contribution in [0.25, 0.3) is 0 Å². The molecule has 1 heterocycles. The topological polar surface area (TPSA) is 137 Å². The highest BCUT2D eigenvalue weighted by atomic mass is 32.2. The third-order valence-electron chi connectivity index (χ3n) is 8.17. The number of thiophene rings is 1. The van der Waals surface area contributed by atoms with Gasteiger partial charge in [-0.05, 0) is 80.8 Å². The molecule has 0 spiro atoms. The number of hydrogen-bond donors (Lipinski definition) is 4. The molecular formula is C36H44N4O6S2. The molecule has 0 fully saturated rings. The summed E-state index contributed by atoms with van der Waals surface area (Å²) < 4.78 is 31.2. The molecule has 0 saturated carbocycles. The quantitative estimate of drug-likeness (QED) is 0.138. The van der Waals surface area contributed by atoms with Gasteiger partial charge in [0.1, 0.15) is 5.75 Å². The molecule has 0 aliphatic rings. The Hall–Kier alpha value is -4.23. The summed E-state index contributed by atoms with van der Waals surface area (Å²) in [6.45, 7) is 6.01. The molecule has 4 aromatic rings. The molecule has 4 rings (SSSR count). The van der Waals surface area contributed by atoms with Crippen molar-refractivity contribution in [3.63, 3.8) is 0 Å². The smallest absolute Gasteiger partial charge is 0.251 e. The summed E-state index contributed by atoms with van der Waals surface area (Å²) in [5, 5.41) is 20.7. The van der Waals surface area contributed by atoms with Crippen molar-refractivity contribution in [1.82, 2.24) is 16.0 Å². The number of aryl methyl sites for hydroxylation is 1. The first-order valence-corrected chi connectivity index (χ1v) is 18.3. The molecule has 1 aromatic heterocycles. The van der Waals surface area contributed by atoms with Crippen LogP contribution in [0.3, 0.4) is 0 Å². The zero-order valence-electron chi connectivity index (χ0n) is 28.1. The van der Waals surface area contributed by atoms with E-state index < -0.39 is 34.0 Å². The number of sulfonamides is 1. The maximum Gasteiger partial charge on any atom is 0.251 e. The SMILES string of the molecule is COc1ccc([C@@H](C)NC[C@@H](O)[C@H](Cc2ccccc2)NC(=O)c2cc(C(=O)NC(C)c3ccc(C)s3)cc(N(C)S(C)(=O)=O)c2)cc1. The first-order valence-electron chi connectivity index (χ1n) is 15.6. The highest BCUT2D eigenvalue weighted by Gasteiger charge is 2.25. The van der Waals surface area contributed by atoms with Gasteiger partial charge in [-0.15, -0.1) is 11.3 Å². The Morgan fingerprint density at radius 3 is 2.08 bits per heavy atom. The zero-order chi connectivity index (χ0) is 35.0. The van der Waals surface area contributed by atoms with Crippen molar-refractivity contribution >= 4 is 38.9 Å². The number of carbonyl (C=O) groups excluding carboxylic acids is 2. The van der Waals surface area contributed by atoms with Crippen LogP contribution in [0.5, 0.6) is 5.75 Å². The van der Waals surface area contributed by atoms with E-state index in [1.165, 1.54) is 25.2 Å². The molecule has 0 aliphatic heterocycles. The number of nitrogens with one attached hydrogen (secondary N) is 3. The molecule has 0 radical (unpaired) electrons. The molecule has 2 amide bonds. The van der Waals surface area contributed by atoms with Gasteiger partial charge in [-0.1, -0.05) is 42.5 Å². The van der Waals surface area contributed by atoms with Crippen molar-refractivity contribution in [2.75, 3.05) is 31.3 Å². The van der Waals surface area contributed by atoms with Crippen LogP contribution in [0, 0.1) is 6.92 Å². The number of methoxy groups -OCH3 is 1. The molecule has 0 bridgehead atoms. The second kappa shape index (κ2) is 16.2. The Bertz CT molecular complexity index is 1790. The normalized spacial score (nSPS) is 14.0. The van der Waals surface area contributed by atoms with Gasteiger partial charge in [0.25, 0.3) is 11.8 Å². The molecule has 0 saturated heterocycles. The predicted molar refractivity (Wildman–Crippen MR) is 191 cm³/mol. The van der Waals surface area contributed by atoms with Crippen molar-refractivity contribution < 1.29 is 27.9 Å². The van der Waals surface area contributed by atoms with Crippen molar-refractivity contribution in [3.05, 3.63) is 117 Å². The summed E-state index contributed by atoms with van der Waals surface area (Å²) in [5.74, 6) is -0.266. The van der Waals surface area contributed by atoms with E-state index in [9.17, 15) is 23.1 Å². The fraction of sp³-hybridized carbons (Fsp3) is 0.333. The molecule has 48 heavy (non-hydrogen) atoms. The summed E-state index contributed by atoms with van der Waals surface area (Å²) in [5.41, 5.74) is 2.28. The second-order valence-corrected chi connectivity index (χ2v) is 15.2. The van der Waals surface area contributed by atoms with E-state index in [4.69, 9.17) is 4.74 Å². The highest BCUT2D eigenvalue weighted by Crippen LogP contribution is 2.25. The van der Waals surface area contributed by atoms with E-state index in [0.717, 1.165) is 37.2 Å². The fourth-order valence-electron chi connectivity index (χ4n) is 5.14. The number of ether oxygens (including phenoxy) is 1. The first-order chi connectivity index (χ1) is 22.7. The molecule has 12 heteroatoms. The van der Waals surface area contributed by atoms with Gasteiger partial charge in [-0.2, -0.15) is 0 Å². The van der Waals surface area contributed by atoms with E-state index in [0.29, 0.717) is 6.42 Å². The van der Waals surface area contributed by atoms with Gasteiger partial charge >= 0.3 is 0 Å². The zero-order valence-corrected chi connectivity index (χ0v) is 29.7. The molecule has 256 valence electrons. The lowest BCUT2D eigenvalue weighted by Crippen LogP contribution is -2.49. The van der Waals surface area contributed by atoms with E-state index in [2.05, 4.69) is 16.0 Å². The van der Waals surface area contributed by atoms with Crippen LogP contribution in [0.4, 0.5) is 5.69 Å². The van der Waals surface area contributed by atoms with Crippen molar-refractivity contribution in [3.8, 4) is 5.75 Å². The van der Waals surface area contributed by atoms with Gasteiger partial charge < -0.3 is 25.8 Å². The standard InChI is InChI=1S/C36H44N4O6S2/c1-23-12-17-34(47-23)25(3)38-35(42)28-19-29(21-30(20-28)40(4)48(6,44)45)36(43)39-32(18-26-10-8-7-9-11-26)33(41)22-37-24(2)27-13-15-31(46-5)16-14-27/h7-17,19-21,24-25,32-33,37,41H,18,22H2,1-6H3,(H,38,42)(H,39,43)/t24-,25?,32+,33-/m1/s1. The summed E-state index contributed by atoms with van der Waals surface area (Å²) in [6.07, 6.45) is 0.391. The molecule has 3 aromatic carbocycles. The average molecular weight is 693 g/mol. The van der Waals surface area contributed by atoms with E-state index in [1.54, 1.807) is 18.4 Å². The van der Waals surface area contributed by atoms with Crippen molar-refractivity contribution in [2.45, 2.75) is 51.4 Å². The Morgan fingerprint density at radius 1 is 0.896 bits per heavy atom. The third kappa shape index (κ3) is 9.89.